The normalized spacial score (nSPS) is 36.2. The molecule has 0 spiro atoms. The summed E-state index contributed by atoms with van der Waals surface area (Å²) in [6.07, 6.45) is 0. The molecule has 0 N–H and O–H groups in total. The Kier molecular flexibility index (Phi) is 1.18. The summed E-state index contributed by atoms with van der Waals surface area (Å²) >= 11 is 5.23. The molecule has 0 radical (unpaired) electrons. The third-order valence-electron chi connectivity index (χ3n) is 2.21. The van der Waals surface area contributed by atoms with Gasteiger partial charge in [-0.25, -0.2) is 0 Å². The van der Waals surface area contributed by atoms with Gasteiger partial charge in [-0.1, -0.05) is 0 Å². The van der Waals surface area contributed by atoms with Gasteiger partial charge in [0.05, 0.1) is 0 Å². The molecule has 0 bridgehead atoms. The zero-order chi connectivity index (χ0) is 7.30. The minimum absolute atomic E-state index is 0.709. The lowest BCUT2D eigenvalue weighted by Crippen LogP contribution is -2.20. The van der Waals surface area contributed by atoms with E-state index in [1.54, 1.807) is 0 Å². The van der Waals surface area contributed by atoms with Crippen LogP contribution in [0.15, 0.2) is 0 Å². The Hall–Kier alpha value is -0.310. The van der Waals surface area contributed by atoms with Crippen LogP contribution in [0.5, 0.6) is 0 Å². The first kappa shape index (κ1) is 6.40. The van der Waals surface area contributed by atoms with Crippen molar-refractivity contribution in [2.24, 2.45) is 0 Å². The second kappa shape index (κ2) is 1.84. The number of thiocarbonyl (C=S) groups is 1. The fourth-order valence-electron chi connectivity index (χ4n) is 1.17. The Labute approximate surface area is 66.8 Å². The van der Waals surface area contributed by atoms with Crippen LogP contribution in [0.1, 0.15) is 13.8 Å². The SMILES string of the molecule is CC1CN1C(=S)N1CC1C. The number of hydrogen-bond donors (Lipinski definition) is 0. The molecule has 0 aromatic carbocycles. The van der Waals surface area contributed by atoms with Crippen LogP contribution in [0.3, 0.4) is 0 Å². The van der Waals surface area contributed by atoms with E-state index in [0.29, 0.717) is 12.1 Å². The number of hydrogen-bond acceptors (Lipinski definition) is 1. The highest BCUT2D eigenvalue weighted by Gasteiger charge is 2.41. The van der Waals surface area contributed by atoms with Gasteiger partial charge in [0.15, 0.2) is 5.11 Å². The van der Waals surface area contributed by atoms with Gasteiger partial charge in [-0.3, -0.25) is 0 Å². The van der Waals surface area contributed by atoms with Crippen LogP contribution >= 0.6 is 12.2 Å². The van der Waals surface area contributed by atoms with Crippen LogP contribution in [0, 0.1) is 0 Å². The molecule has 10 heavy (non-hydrogen) atoms. The standard InChI is InChI=1S/C7H12N2S/c1-5-3-8(5)7(10)9-4-6(9)2/h5-6H,3-4H2,1-2H3. The summed E-state index contributed by atoms with van der Waals surface area (Å²) in [6.45, 7) is 6.76. The average molecular weight is 156 g/mol. The number of rotatable bonds is 0. The zero-order valence-electron chi connectivity index (χ0n) is 6.37. The average Bonchev–Trinajstić information content (AvgIpc) is 2.70. The van der Waals surface area contributed by atoms with Gasteiger partial charge >= 0.3 is 0 Å². The maximum absolute atomic E-state index is 5.23. The fourth-order valence-corrected chi connectivity index (χ4v) is 1.68. The molecule has 0 amide bonds. The molecule has 2 aliphatic heterocycles. The summed E-state index contributed by atoms with van der Waals surface area (Å²) in [5.74, 6) is 0. The van der Waals surface area contributed by atoms with Crippen molar-refractivity contribution in [2.45, 2.75) is 25.9 Å². The van der Waals surface area contributed by atoms with Crippen LogP contribution in [0.25, 0.3) is 0 Å². The molecule has 2 atom stereocenters. The molecule has 2 fully saturated rings. The van der Waals surface area contributed by atoms with Gasteiger partial charge in [-0.15, -0.1) is 0 Å². The predicted molar refractivity (Wildman–Crippen MR) is 44.9 cm³/mol. The van der Waals surface area contributed by atoms with Gasteiger partial charge in [-0.2, -0.15) is 0 Å². The Morgan fingerprint density at radius 1 is 1.20 bits per heavy atom. The fraction of sp³-hybridized carbons (Fsp3) is 0.857. The summed E-state index contributed by atoms with van der Waals surface area (Å²) in [5, 5.41) is 1.07. The molecule has 2 saturated heterocycles. The van der Waals surface area contributed by atoms with Crippen LogP contribution in [-0.4, -0.2) is 40.1 Å². The van der Waals surface area contributed by atoms with Crippen molar-refractivity contribution in [3.05, 3.63) is 0 Å². The van der Waals surface area contributed by atoms with Crippen molar-refractivity contribution in [3.63, 3.8) is 0 Å². The lowest BCUT2D eigenvalue weighted by atomic mass is 10.6. The summed E-state index contributed by atoms with van der Waals surface area (Å²) in [6, 6.07) is 1.42. The Bertz CT molecular complexity index is 162. The van der Waals surface area contributed by atoms with E-state index in [2.05, 4.69) is 23.6 Å². The van der Waals surface area contributed by atoms with Crippen LogP contribution < -0.4 is 0 Å². The third kappa shape index (κ3) is 0.888. The van der Waals surface area contributed by atoms with Gasteiger partial charge in [-0.05, 0) is 26.1 Å². The van der Waals surface area contributed by atoms with Crippen molar-refractivity contribution >= 4 is 17.3 Å². The lowest BCUT2D eigenvalue weighted by Gasteiger charge is -2.06. The summed E-state index contributed by atoms with van der Waals surface area (Å²) in [7, 11) is 0. The third-order valence-corrected chi connectivity index (χ3v) is 2.68. The summed E-state index contributed by atoms with van der Waals surface area (Å²) in [5.41, 5.74) is 0. The minimum Gasteiger partial charge on any atom is -0.343 e. The van der Waals surface area contributed by atoms with E-state index in [9.17, 15) is 0 Å². The van der Waals surface area contributed by atoms with Crippen molar-refractivity contribution in [1.29, 1.82) is 0 Å². The first-order chi connectivity index (χ1) is 4.70. The quantitative estimate of drug-likeness (QED) is 0.376. The molecule has 0 aromatic rings. The molecular formula is C7H12N2S. The smallest absolute Gasteiger partial charge is 0.172 e. The maximum Gasteiger partial charge on any atom is 0.172 e. The molecule has 0 aliphatic carbocycles. The Balaban J connectivity index is 1.89. The van der Waals surface area contributed by atoms with Crippen LogP contribution in [0.4, 0.5) is 0 Å². The maximum atomic E-state index is 5.23. The van der Waals surface area contributed by atoms with E-state index < -0.39 is 0 Å². The second-order valence-corrected chi connectivity index (χ2v) is 3.65. The minimum atomic E-state index is 0.709. The van der Waals surface area contributed by atoms with Gasteiger partial charge in [0.25, 0.3) is 0 Å². The van der Waals surface area contributed by atoms with Gasteiger partial charge < -0.3 is 9.80 Å². The predicted octanol–water partition coefficient (Wildman–Crippen LogP) is 0.680. The van der Waals surface area contributed by atoms with E-state index in [4.69, 9.17) is 12.2 Å². The zero-order valence-corrected chi connectivity index (χ0v) is 7.19. The highest BCUT2D eigenvalue weighted by atomic mass is 32.1. The van der Waals surface area contributed by atoms with E-state index in [-0.39, 0.29) is 0 Å². The van der Waals surface area contributed by atoms with Crippen molar-refractivity contribution < 1.29 is 0 Å². The first-order valence-corrected chi connectivity index (χ1v) is 4.18. The molecular weight excluding hydrogens is 144 g/mol. The molecule has 3 heteroatoms. The monoisotopic (exact) mass is 156 g/mol. The molecule has 56 valence electrons. The molecule has 0 saturated carbocycles. The Morgan fingerprint density at radius 2 is 1.50 bits per heavy atom. The molecule has 2 rings (SSSR count). The molecule has 2 aliphatic rings. The summed E-state index contributed by atoms with van der Waals surface area (Å²) < 4.78 is 0. The van der Waals surface area contributed by atoms with E-state index in [0.717, 1.165) is 5.11 Å². The van der Waals surface area contributed by atoms with Crippen LogP contribution in [-0.2, 0) is 0 Å². The first-order valence-electron chi connectivity index (χ1n) is 3.77. The molecule has 0 aromatic heterocycles. The van der Waals surface area contributed by atoms with Gasteiger partial charge in [0.2, 0.25) is 0 Å². The van der Waals surface area contributed by atoms with Gasteiger partial charge in [0.1, 0.15) is 0 Å². The highest BCUT2D eigenvalue weighted by molar-refractivity contribution is 7.80. The summed E-state index contributed by atoms with van der Waals surface area (Å²) in [4.78, 5) is 4.53. The van der Waals surface area contributed by atoms with Crippen molar-refractivity contribution in [2.75, 3.05) is 13.1 Å². The van der Waals surface area contributed by atoms with E-state index in [1.165, 1.54) is 13.1 Å². The molecule has 2 nitrogen and oxygen atoms in total. The second-order valence-electron chi connectivity index (χ2n) is 3.29. The van der Waals surface area contributed by atoms with Gasteiger partial charge in [0, 0.05) is 25.2 Å². The van der Waals surface area contributed by atoms with Crippen molar-refractivity contribution in [3.8, 4) is 0 Å². The Morgan fingerprint density at radius 3 is 1.70 bits per heavy atom. The topological polar surface area (TPSA) is 6.02 Å². The lowest BCUT2D eigenvalue weighted by molar-refractivity contribution is 0.643. The van der Waals surface area contributed by atoms with Crippen molar-refractivity contribution in [1.82, 2.24) is 9.80 Å². The number of nitrogens with zero attached hydrogens (tertiary/aromatic N) is 2. The molecule has 2 unspecified atom stereocenters. The van der Waals surface area contributed by atoms with E-state index in [1.807, 2.05) is 0 Å². The van der Waals surface area contributed by atoms with E-state index >= 15 is 0 Å². The highest BCUT2D eigenvalue weighted by Crippen LogP contribution is 2.26. The molecule has 2 heterocycles. The van der Waals surface area contributed by atoms with Crippen LogP contribution in [0.2, 0.25) is 0 Å². The largest absolute Gasteiger partial charge is 0.343 e.